The molecule has 0 aromatic heterocycles. The molecule has 0 amide bonds. The zero-order chi connectivity index (χ0) is 11.5. The lowest BCUT2D eigenvalue weighted by Gasteiger charge is -2.30. The van der Waals surface area contributed by atoms with E-state index in [0.29, 0.717) is 0 Å². The monoisotopic (exact) mass is 228 g/mol. The first-order chi connectivity index (χ1) is 8.43. The minimum atomic E-state index is 0.878. The second-order valence-corrected chi connectivity index (χ2v) is 6.03. The first kappa shape index (κ1) is 11.3. The van der Waals surface area contributed by atoms with Gasteiger partial charge in [-0.1, -0.05) is 56.4 Å². The highest BCUT2D eigenvalue weighted by molar-refractivity contribution is 5.32. The van der Waals surface area contributed by atoms with E-state index in [-0.39, 0.29) is 0 Å². The van der Waals surface area contributed by atoms with E-state index in [0.717, 1.165) is 11.8 Å². The van der Waals surface area contributed by atoms with E-state index < -0.39 is 0 Å². The molecule has 0 radical (unpaired) electrons. The molecule has 1 aromatic rings. The van der Waals surface area contributed by atoms with Crippen molar-refractivity contribution >= 4 is 0 Å². The van der Waals surface area contributed by atoms with Gasteiger partial charge in [0.25, 0.3) is 0 Å². The number of hydrogen-bond acceptors (Lipinski definition) is 0. The maximum atomic E-state index is 2.39. The van der Waals surface area contributed by atoms with Crippen LogP contribution < -0.4 is 0 Å². The van der Waals surface area contributed by atoms with Gasteiger partial charge in [-0.15, -0.1) is 0 Å². The molecule has 17 heavy (non-hydrogen) atoms. The smallest absolute Gasteiger partial charge is 0.0156 e. The Bertz CT molecular complexity index is 360. The van der Waals surface area contributed by atoms with Gasteiger partial charge >= 0.3 is 0 Å². The maximum absolute atomic E-state index is 2.39. The Labute approximate surface area is 105 Å². The second-order valence-electron chi connectivity index (χ2n) is 6.03. The Morgan fingerprint density at radius 1 is 0.882 bits per heavy atom. The minimum Gasteiger partial charge on any atom is -0.0620 e. The molecule has 1 fully saturated rings. The lowest BCUT2D eigenvalue weighted by Crippen LogP contribution is -2.15. The van der Waals surface area contributed by atoms with Crippen molar-refractivity contribution in [2.75, 3.05) is 0 Å². The van der Waals surface area contributed by atoms with Gasteiger partial charge in [-0.2, -0.15) is 0 Å². The van der Waals surface area contributed by atoms with Crippen LogP contribution in [-0.4, -0.2) is 0 Å². The molecule has 1 unspecified atom stereocenters. The summed E-state index contributed by atoms with van der Waals surface area (Å²) in [5.41, 5.74) is 3.32. The van der Waals surface area contributed by atoms with Gasteiger partial charge < -0.3 is 0 Å². The summed E-state index contributed by atoms with van der Waals surface area (Å²) in [6, 6.07) is 9.18. The minimum absolute atomic E-state index is 0.878. The average Bonchev–Trinajstić information content (AvgIpc) is 2.40. The Morgan fingerprint density at radius 3 is 2.59 bits per heavy atom. The third-order valence-electron chi connectivity index (χ3n) is 4.84. The van der Waals surface area contributed by atoms with Crippen molar-refractivity contribution in [2.45, 2.75) is 63.7 Å². The standard InChI is InChI=1S/C17H24/c1-2-7-14(8-3-1)13-16-11-6-10-15-9-4-5-12-17(15)16/h4-5,9,12,14,16H,1-3,6-8,10-11,13H2. The molecule has 2 aliphatic carbocycles. The molecular formula is C17H24. The van der Waals surface area contributed by atoms with Crippen molar-refractivity contribution in [2.24, 2.45) is 5.92 Å². The Balaban J connectivity index is 1.71. The summed E-state index contributed by atoms with van der Waals surface area (Å²) in [6.45, 7) is 0. The molecule has 0 bridgehead atoms. The fraction of sp³-hybridized carbons (Fsp3) is 0.647. The molecule has 2 aliphatic rings. The molecule has 1 atom stereocenters. The molecule has 0 nitrogen and oxygen atoms in total. The zero-order valence-electron chi connectivity index (χ0n) is 10.8. The van der Waals surface area contributed by atoms with Crippen molar-refractivity contribution in [3.05, 3.63) is 35.4 Å². The van der Waals surface area contributed by atoms with Crippen LogP contribution in [0.2, 0.25) is 0 Å². The van der Waals surface area contributed by atoms with E-state index in [4.69, 9.17) is 0 Å². The summed E-state index contributed by atoms with van der Waals surface area (Å²) in [5.74, 6) is 1.91. The molecule has 0 N–H and O–H groups in total. The van der Waals surface area contributed by atoms with E-state index in [9.17, 15) is 0 Å². The van der Waals surface area contributed by atoms with Crippen LogP contribution in [0.5, 0.6) is 0 Å². The molecule has 0 aliphatic heterocycles. The van der Waals surface area contributed by atoms with Gasteiger partial charge in [0.1, 0.15) is 0 Å². The molecule has 0 saturated heterocycles. The largest absolute Gasteiger partial charge is 0.0620 e. The van der Waals surface area contributed by atoms with Gasteiger partial charge in [0, 0.05) is 0 Å². The van der Waals surface area contributed by atoms with Crippen molar-refractivity contribution in [3.63, 3.8) is 0 Å². The topological polar surface area (TPSA) is 0 Å². The van der Waals surface area contributed by atoms with E-state index in [1.165, 1.54) is 57.8 Å². The number of benzene rings is 1. The summed E-state index contributed by atoms with van der Waals surface area (Å²) < 4.78 is 0. The molecule has 0 heterocycles. The highest BCUT2D eigenvalue weighted by Crippen LogP contribution is 2.39. The van der Waals surface area contributed by atoms with Gasteiger partial charge in [-0.25, -0.2) is 0 Å². The van der Waals surface area contributed by atoms with Gasteiger partial charge in [-0.3, -0.25) is 0 Å². The molecule has 0 heteroatoms. The highest BCUT2D eigenvalue weighted by atomic mass is 14.3. The first-order valence-electron chi connectivity index (χ1n) is 7.51. The average molecular weight is 228 g/mol. The van der Waals surface area contributed by atoms with Crippen LogP contribution in [-0.2, 0) is 6.42 Å². The number of hydrogen-bond donors (Lipinski definition) is 0. The van der Waals surface area contributed by atoms with Crippen LogP contribution in [0.3, 0.4) is 0 Å². The third kappa shape index (κ3) is 2.56. The summed E-state index contributed by atoms with van der Waals surface area (Å²) in [5, 5.41) is 0. The van der Waals surface area contributed by atoms with Crippen LogP contribution in [0.4, 0.5) is 0 Å². The first-order valence-corrected chi connectivity index (χ1v) is 7.51. The Kier molecular flexibility index (Phi) is 3.49. The van der Waals surface area contributed by atoms with Crippen LogP contribution in [0.1, 0.15) is 68.4 Å². The van der Waals surface area contributed by atoms with Gasteiger partial charge in [-0.05, 0) is 48.6 Å². The normalized spacial score (nSPS) is 25.5. The summed E-state index contributed by atoms with van der Waals surface area (Å²) in [6.07, 6.45) is 13.1. The molecule has 92 valence electrons. The maximum Gasteiger partial charge on any atom is -0.0156 e. The van der Waals surface area contributed by atoms with E-state index in [2.05, 4.69) is 24.3 Å². The number of fused-ring (bicyclic) bond motifs is 1. The quantitative estimate of drug-likeness (QED) is 0.662. The molecule has 1 saturated carbocycles. The fourth-order valence-corrected chi connectivity index (χ4v) is 3.92. The SMILES string of the molecule is c1ccc2c(c1)CCCC2CC1CCCCC1. The van der Waals surface area contributed by atoms with Crippen LogP contribution in [0.25, 0.3) is 0 Å². The molecule has 0 spiro atoms. The van der Waals surface area contributed by atoms with Gasteiger partial charge in [0.05, 0.1) is 0 Å². The summed E-state index contributed by atoms with van der Waals surface area (Å²) in [4.78, 5) is 0. The summed E-state index contributed by atoms with van der Waals surface area (Å²) in [7, 11) is 0. The lowest BCUT2D eigenvalue weighted by atomic mass is 9.75. The van der Waals surface area contributed by atoms with Crippen molar-refractivity contribution in [3.8, 4) is 0 Å². The van der Waals surface area contributed by atoms with Crippen LogP contribution in [0, 0.1) is 5.92 Å². The number of aryl methyl sites for hydroxylation is 1. The lowest BCUT2D eigenvalue weighted by molar-refractivity contribution is 0.306. The Hall–Kier alpha value is -0.780. The molecular weight excluding hydrogens is 204 g/mol. The molecule has 3 rings (SSSR count). The predicted octanol–water partition coefficient (Wildman–Crippen LogP) is 5.08. The van der Waals surface area contributed by atoms with Crippen molar-refractivity contribution in [1.82, 2.24) is 0 Å². The van der Waals surface area contributed by atoms with Crippen LogP contribution >= 0.6 is 0 Å². The molecule has 1 aromatic carbocycles. The van der Waals surface area contributed by atoms with E-state index in [1.54, 1.807) is 11.1 Å². The third-order valence-corrected chi connectivity index (χ3v) is 4.84. The predicted molar refractivity (Wildman–Crippen MR) is 73.3 cm³/mol. The van der Waals surface area contributed by atoms with E-state index in [1.807, 2.05) is 0 Å². The van der Waals surface area contributed by atoms with Crippen molar-refractivity contribution < 1.29 is 0 Å². The van der Waals surface area contributed by atoms with Crippen molar-refractivity contribution in [1.29, 1.82) is 0 Å². The van der Waals surface area contributed by atoms with E-state index >= 15 is 0 Å². The zero-order valence-corrected chi connectivity index (χ0v) is 10.8. The second kappa shape index (κ2) is 5.25. The van der Waals surface area contributed by atoms with Gasteiger partial charge in [0.15, 0.2) is 0 Å². The highest BCUT2D eigenvalue weighted by Gasteiger charge is 2.24. The fourth-order valence-electron chi connectivity index (χ4n) is 3.92. The summed E-state index contributed by atoms with van der Waals surface area (Å²) >= 11 is 0. The van der Waals surface area contributed by atoms with Gasteiger partial charge in [0.2, 0.25) is 0 Å². The Morgan fingerprint density at radius 2 is 1.71 bits per heavy atom. The van der Waals surface area contributed by atoms with Crippen LogP contribution in [0.15, 0.2) is 24.3 Å². The number of rotatable bonds is 2.